The van der Waals surface area contributed by atoms with Crippen LogP contribution in [0.3, 0.4) is 0 Å². The molecule has 2 aliphatic rings. The molecule has 3 atom stereocenters. The Bertz CT molecular complexity index is 713. The molecule has 4 amide bonds. The van der Waals surface area contributed by atoms with E-state index in [4.69, 9.17) is 4.74 Å². The van der Waals surface area contributed by atoms with Crippen LogP contribution in [0.4, 0.5) is 4.79 Å². The first-order valence-corrected chi connectivity index (χ1v) is 9.40. The van der Waals surface area contributed by atoms with Gasteiger partial charge in [0.25, 0.3) is 5.91 Å². The minimum Gasteiger partial charge on any atom is -0.372 e. The third-order valence-corrected chi connectivity index (χ3v) is 5.17. The molecule has 1 N–H and O–H groups in total. The lowest BCUT2D eigenvalue weighted by molar-refractivity contribution is -0.146. The van der Waals surface area contributed by atoms with Gasteiger partial charge < -0.3 is 15.0 Å². The molecule has 0 radical (unpaired) electrons. The van der Waals surface area contributed by atoms with Crippen molar-refractivity contribution in [2.24, 2.45) is 0 Å². The Morgan fingerprint density at radius 3 is 2.44 bits per heavy atom. The molecule has 7 heteroatoms. The molecular formula is C20H27N3O4. The number of aryl methyl sites for hydroxylation is 1. The van der Waals surface area contributed by atoms with E-state index >= 15 is 0 Å². The lowest BCUT2D eigenvalue weighted by Crippen LogP contribution is -2.52. The van der Waals surface area contributed by atoms with Crippen molar-refractivity contribution in [3.63, 3.8) is 0 Å². The van der Waals surface area contributed by atoms with E-state index in [2.05, 4.69) is 5.32 Å². The van der Waals surface area contributed by atoms with Crippen LogP contribution in [-0.2, 0) is 20.7 Å². The molecule has 0 unspecified atom stereocenters. The summed E-state index contributed by atoms with van der Waals surface area (Å²) in [6.07, 6.45) is 1.04. The van der Waals surface area contributed by atoms with Crippen molar-refractivity contribution in [3.05, 3.63) is 35.9 Å². The summed E-state index contributed by atoms with van der Waals surface area (Å²) in [5.74, 6) is -0.570. The fraction of sp³-hybridized carbons (Fsp3) is 0.550. The van der Waals surface area contributed by atoms with Gasteiger partial charge in [0, 0.05) is 13.1 Å². The number of ether oxygens (including phenoxy) is 1. The highest BCUT2D eigenvalue weighted by Gasteiger charge is 2.48. The van der Waals surface area contributed by atoms with Crippen LogP contribution in [-0.4, -0.2) is 65.0 Å². The quantitative estimate of drug-likeness (QED) is 0.795. The lowest BCUT2D eigenvalue weighted by Gasteiger charge is -2.35. The Morgan fingerprint density at radius 2 is 1.81 bits per heavy atom. The zero-order valence-corrected chi connectivity index (χ0v) is 16.1. The van der Waals surface area contributed by atoms with Gasteiger partial charge in [-0.3, -0.25) is 14.5 Å². The molecule has 27 heavy (non-hydrogen) atoms. The number of nitrogens with zero attached hydrogens (tertiary/aromatic N) is 2. The summed E-state index contributed by atoms with van der Waals surface area (Å²) >= 11 is 0. The van der Waals surface area contributed by atoms with Crippen molar-refractivity contribution in [1.82, 2.24) is 15.1 Å². The van der Waals surface area contributed by atoms with Crippen molar-refractivity contribution in [1.29, 1.82) is 0 Å². The number of urea groups is 1. The minimum atomic E-state index is -0.987. The van der Waals surface area contributed by atoms with Crippen LogP contribution in [0.1, 0.15) is 32.8 Å². The van der Waals surface area contributed by atoms with Crippen molar-refractivity contribution in [2.75, 3.05) is 19.6 Å². The maximum absolute atomic E-state index is 12.9. The number of amides is 4. The van der Waals surface area contributed by atoms with Gasteiger partial charge in [-0.05, 0) is 39.2 Å². The Balaban J connectivity index is 1.62. The van der Waals surface area contributed by atoms with E-state index < -0.39 is 11.6 Å². The van der Waals surface area contributed by atoms with Crippen LogP contribution in [0.15, 0.2) is 30.3 Å². The molecule has 2 fully saturated rings. The highest BCUT2D eigenvalue weighted by molar-refractivity contribution is 6.08. The van der Waals surface area contributed by atoms with E-state index in [0.717, 1.165) is 10.5 Å². The van der Waals surface area contributed by atoms with Crippen LogP contribution in [0.5, 0.6) is 0 Å². The second kappa shape index (κ2) is 7.68. The average Bonchev–Trinajstić information content (AvgIpc) is 2.83. The molecular weight excluding hydrogens is 346 g/mol. The summed E-state index contributed by atoms with van der Waals surface area (Å²) in [5.41, 5.74) is 0.116. The van der Waals surface area contributed by atoms with Gasteiger partial charge in [0.1, 0.15) is 12.1 Å². The number of rotatable bonds is 5. The second-order valence-corrected chi connectivity index (χ2v) is 7.70. The van der Waals surface area contributed by atoms with Crippen LogP contribution in [0.2, 0.25) is 0 Å². The zero-order chi connectivity index (χ0) is 19.6. The smallest absolute Gasteiger partial charge is 0.325 e. The topological polar surface area (TPSA) is 79.0 Å². The van der Waals surface area contributed by atoms with Crippen molar-refractivity contribution in [2.45, 2.75) is 51.4 Å². The first kappa shape index (κ1) is 19.4. The average molecular weight is 373 g/mol. The standard InChI is InChI=1S/C20H27N3O4/c1-14-11-22(12-15(2)27-14)17(24)13-23-18(25)20(3,21-19(23)26)10-9-16-7-5-4-6-8-16/h4-8,14-15H,9-13H2,1-3H3,(H,21,26)/t14-,15-,20-/m1/s1. The molecule has 0 saturated carbocycles. The highest BCUT2D eigenvalue weighted by atomic mass is 16.5. The molecule has 146 valence electrons. The highest BCUT2D eigenvalue weighted by Crippen LogP contribution is 2.23. The fourth-order valence-electron chi connectivity index (χ4n) is 3.72. The summed E-state index contributed by atoms with van der Waals surface area (Å²) in [4.78, 5) is 40.5. The third-order valence-electron chi connectivity index (χ3n) is 5.17. The van der Waals surface area contributed by atoms with E-state index in [-0.39, 0.29) is 30.6 Å². The predicted molar refractivity (Wildman–Crippen MR) is 100 cm³/mol. The van der Waals surface area contributed by atoms with Crippen molar-refractivity contribution < 1.29 is 19.1 Å². The van der Waals surface area contributed by atoms with Gasteiger partial charge in [0.2, 0.25) is 5.91 Å². The number of hydrogen-bond donors (Lipinski definition) is 1. The van der Waals surface area contributed by atoms with Gasteiger partial charge in [0.15, 0.2) is 0 Å². The fourth-order valence-corrected chi connectivity index (χ4v) is 3.72. The van der Waals surface area contributed by atoms with Gasteiger partial charge in [-0.1, -0.05) is 30.3 Å². The van der Waals surface area contributed by atoms with Gasteiger partial charge in [-0.2, -0.15) is 0 Å². The van der Waals surface area contributed by atoms with E-state index in [1.807, 2.05) is 44.2 Å². The summed E-state index contributed by atoms with van der Waals surface area (Å²) in [6, 6.07) is 9.32. The van der Waals surface area contributed by atoms with Crippen molar-refractivity contribution >= 4 is 17.8 Å². The molecule has 7 nitrogen and oxygen atoms in total. The maximum Gasteiger partial charge on any atom is 0.325 e. The molecule has 1 aromatic rings. The van der Waals surface area contributed by atoms with Gasteiger partial charge >= 0.3 is 6.03 Å². The number of benzene rings is 1. The zero-order valence-electron chi connectivity index (χ0n) is 16.1. The summed E-state index contributed by atoms with van der Waals surface area (Å²) < 4.78 is 5.63. The number of carbonyl (C=O) groups excluding carboxylic acids is 3. The van der Waals surface area contributed by atoms with Crippen LogP contribution >= 0.6 is 0 Å². The third kappa shape index (κ3) is 4.30. The first-order valence-electron chi connectivity index (χ1n) is 9.40. The van der Waals surface area contributed by atoms with E-state index in [9.17, 15) is 14.4 Å². The van der Waals surface area contributed by atoms with Crippen LogP contribution in [0.25, 0.3) is 0 Å². The second-order valence-electron chi connectivity index (χ2n) is 7.70. The van der Waals surface area contributed by atoms with E-state index in [1.54, 1.807) is 11.8 Å². The molecule has 3 rings (SSSR count). The number of carbonyl (C=O) groups is 3. The lowest BCUT2D eigenvalue weighted by atomic mass is 9.93. The number of imide groups is 1. The molecule has 0 spiro atoms. The SMILES string of the molecule is C[C@@H]1CN(C(=O)CN2C(=O)N[C@](C)(CCc3ccccc3)C2=O)C[C@@H](C)O1. The van der Waals surface area contributed by atoms with Crippen molar-refractivity contribution in [3.8, 4) is 0 Å². The summed E-state index contributed by atoms with van der Waals surface area (Å²) in [7, 11) is 0. The molecule has 2 aliphatic heterocycles. The molecule has 0 aromatic heterocycles. The van der Waals surface area contributed by atoms with Gasteiger partial charge in [-0.25, -0.2) is 4.79 Å². The summed E-state index contributed by atoms with van der Waals surface area (Å²) in [5, 5.41) is 2.77. The molecule has 0 bridgehead atoms. The molecule has 2 heterocycles. The number of hydrogen-bond acceptors (Lipinski definition) is 4. The van der Waals surface area contributed by atoms with Crippen LogP contribution in [0, 0.1) is 0 Å². The maximum atomic E-state index is 12.9. The Labute approximate surface area is 159 Å². The predicted octanol–water partition coefficient (Wildman–Crippen LogP) is 1.57. The Kier molecular flexibility index (Phi) is 5.51. The monoisotopic (exact) mass is 373 g/mol. The Morgan fingerprint density at radius 1 is 1.19 bits per heavy atom. The van der Waals surface area contributed by atoms with E-state index in [1.165, 1.54) is 0 Å². The summed E-state index contributed by atoms with van der Waals surface area (Å²) in [6.45, 7) is 6.25. The first-order chi connectivity index (χ1) is 12.8. The number of morpholine rings is 1. The molecule has 2 saturated heterocycles. The molecule has 1 aromatic carbocycles. The Hall–Kier alpha value is -2.41. The normalized spacial score (nSPS) is 28.4. The molecule has 0 aliphatic carbocycles. The van der Waals surface area contributed by atoms with E-state index in [0.29, 0.717) is 25.9 Å². The largest absolute Gasteiger partial charge is 0.372 e. The van der Waals surface area contributed by atoms with Gasteiger partial charge in [0.05, 0.1) is 12.2 Å². The minimum absolute atomic E-state index is 0.0584. The van der Waals surface area contributed by atoms with Gasteiger partial charge in [-0.15, -0.1) is 0 Å². The number of nitrogens with one attached hydrogen (secondary N) is 1. The van der Waals surface area contributed by atoms with Crippen LogP contribution < -0.4 is 5.32 Å².